The van der Waals surface area contributed by atoms with E-state index in [1.807, 2.05) is 123 Å². The summed E-state index contributed by atoms with van der Waals surface area (Å²) >= 11 is 13.9. The molecule has 0 radical (unpaired) electrons. The van der Waals surface area contributed by atoms with E-state index in [1.165, 1.54) is 0 Å². The highest BCUT2D eigenvalue weighted by atomic mass is 35.5. The number of carbonyl (C=O) groups is 2. The van der Waals surface area contributed by atoms with Gasteiger partial charge in [0.2, 0.25) is 0 Å². The number of aliphatic hydroxyl groups is 2. The molecule has 18 nitrogen and oxygen atoms in total. The van der Waals surface area contributed by atoms with Crippen LogP contribution in [0.2, 0.25) is 10.0 Å². The molecule has 4 heterocycles. The minimum absolute atomic E-state index is 0.0160. The van der Waals surface area contributed by atoms with E-state index in [-0.39, 0.29) is 64.7 Å². The molecular weight excluding hydrogens is 1040 g/mol. The number of ether oxygens (including phenoxy) is 4. The second kappa shape index (κ2) is 29.6. The number of aromatic nitrogens is 6. The summed E-state index contributed by atoms with van der Waals surface area (Å²) < 4.78 is 29.3. The summed E-state index contributed by atoms with van der Waals surface area (Å²) in [6.45, 7) is 9.73. The zero-order chi connectivity index (χ0) is 56.1. The zero-order valence-electron chi connectivity index (χ0n) is 44.2. The number of hydrogen-bond acceptors (Lipinski definition) is 14. The van der Waals surface area contributed by atoms with E-state index in [2.05, 4.69) is 58.3 Å². The highest BCUT2D eigenvalue weighted by Gasteiger charge is 2.20. The van der Waals surface area contributed by atoms with Crippen molar-refractivity contribution < 1.29 is 49.0 Å². The number of rotatable bonds is 23. The lowest BCUT2D eigenvalue weighted by atomic mass is 9.92. The van der Waals surface area contributed by atoms with Crippen molar-refractivity contribution in [3.8, 4) is 45.8 Å². The number of aliphatic hydroxyl groups excluding tert-OH is 2. The van der Waals surface area contributed by atoms with Crippen LogP contribution in [-0.4, -0.2) is 112 Å². The fraction of sp³-hybridized carbons (Fsp3) is 0.276. The van der Waals surface area contributed by atoms with Crippen LogP contribution < -0.4 is 18.9 Å². The predicted octanol–water partition coefficient (Wildman–Crippen LogP) is 9.78. The van der Waals surface area contributed by atoms with Gasteiger partial charge in [0.1, 0.15) is 49.4 Å². The van der Waals surface area contributed by atoms with Crippen molar-refractivity contribution in [1.29, 1.82) is 0 Å². The second-order valence-electron chi connectivity index (χ2n) is 18.2. The van der Waals surface area contributed by atoms with Gasteiger partial charge in [-0.2, -0.15) is 10.2 Å². The van der Waals surface area contributed by atoms with Gasteiger partial charge in [-0.05, 0) is 112 Å². The summed E-state index contributed by atoms with van der Waals surface area (Å²) in [5.74, 6) is 3.64. The summed E-state index contributed by atoms with van der Waals surface area (Å²) in [5.41, 5.74) is 9.77. The van der Waals surface area contributed by atoms with E-state index >= 15 is 0 Å². The first-order valence-electron chi connectivity index (χ1n) is 24.7. The van der Waals surface area contributed by atoms with E-state index in [0.29, 0.717) is 57.8 Å². The predicted molar refractivity (Wildman–Crippen MR) is 298 cm³/mol. The van der Waals surface area contributed by atoms with Gasteiger partial charge in [0.15, 0.2) is 11.6 Å². The summed E-state index contributed by atoms with van der Waals surface area (Å²) in [6.07, 6.45) is 10.7. The van der Waals surface area contributed by atoms with Crippen LogP contribution in [0.15, 0.2) is 134 Å². The summed E-state index contributed by atoms with van der Waals surface area (Å²) in [7, 11) is 3.91. The van der Waals surface area contributed by atoms with Crippen molar-refractivity contribution in [3.05, 3.63) is 189 Å². The highest BCUT2D eigenvalue weighted by Crippen LogP contribution is 2.38. The molecule has 0 aliphatic heterocycles. The molecule has 8 aromatic rings. The maximum Gasteiger partial charge on any atom is 0.290 e. The molecule has 0 aliphatic carbocycles. The van der Waals surface area contributed by atoms with Gasteiger partial charge in [0, 0.05) is 96.7 Å². The van der Waals surface area contributed by atoms with Crippen molar-refractivity contribution in [1.82, 2.24) is 39.3 Å². The monoisotopic (exact) mass is 1100 g/mol. The molecule has 0 saturated carbocycles. The lowest BCUT2D eigenvalue weighted by Crippen LogP contribution is -2.31. The summed E-state index contributed by atoms with van der Waals surface area (Å²) in [4.78, 5) is 29.9. The van der Waals surface area contributed by atoms with Crippen LogP contribution in [0.4, 0.5) is 0 Å². The number of benzene rings is 4. The Morgan fingerprint density at radius 1 is 0.551 bits per heavy atom. The first kappa shape index (κ1) is 59.4. The van der Waals surface area contributed by atoms with Gasteiger partial charge in [0.25, 0.3) is 12.9 Å². The molecule has 0 saturated heterocycles. The molecular formula is C58H64Cl2N8O10. The molecule has 2 unspecified atom stereocenters. The average molecular weight is 1100 g/mol. The Labute approximate surface area is 463 Å². The smallest absolute Gasteiger partial charge is 0.290 e. The Hall–Kier alpha value is -7.84. The number of nitrogens with zero attached hydrogens (tertiary/aromatic N) is 8. The largest absolute Gasteiger partial charge is 0.488 e. The van der Waals surface area contributed by atoms with Crippen molar-refractivity contribution in [2.75, 3.05) is 27.3 Å². The summed E-state index contributed by atoms with van der Waals surface area (Å²) in [6, 6.07) is 31.2. The SMILES string of the molecule is Cc1c(COc2cc(OCc3ccc(-n4cccn4)nc3)c(CN(C)C(C)CO)cc2Cl)cccc1-c1cccc(COc2cc(OCc3ccc(-n4cccn4)nc3)c(CN(C)C(C)CO)cc2Cl)c1C.O=CO.O=CO. The fourth-order valence-corrected chi connectivity index (χ4v) is 8.48. The molecule has 410 valence electrons. The minimum atomic E-state index is -0.250. The average Bonchev–Trinajstić information content (AvgIpc) is 4.21. The number of pyridine rings is 2. The summed E-state index contributed by atoms with van der Waals surface area (Å²) in [5, 5.41) is 42.9. The Morgan fingerprint density at radius 3 is 1.27 bits per heavy atom. The second-order valence-corrected chi connectivity index (χ2v) is 19.0. The van der Waals surface area contributed by atoms with Crippen LogP contribution in [0.25, 0.3) is 22.8 Å². The number of likely N-dealkylation sites (N-methyl/N-ethyl adjacent to an activating group) is 2. The molecule has 0 bridgehead atoms. The first-order valence-corrected chi connectivity index (χ1v) is 25.5. The van der Waals surface area contributed by atoms with E-state index in [4.69, 9.17) is 62.0 Å². The molecule has 4 aromatic carbocycles. The topological polar surface area (TPSA) is 220 Å². The molecule has 0 amide bonds. The van der Waals surface area contributed by atoms with E-state index in [9.17, 15) is 10.2 Å². The van der Waals surface area contributed by atoms with E-state index in [0.717, 1.165) is 55.6 Å². The highest BCUT2D eigenvalue weighted by molar-refractivity contribution is 6.32. The van der Waals surface area contributed by atoms with Crippen molar-refractivity contribution in [3.63, 3.8) is 0 Å². The molecule has 8 rings (SSSR count). The lowest BCUT2D eigenvalue weighted by Gasteiger charge is -2.25. The Bertz CT molecular complexity index is 2940. The Morgan fingerprint density at radius 2 is 0.936 bits per heavy atom. The molecule has 0 aliphatic rings. The first-order chi connectivity index (χ1) is 37.7. The minimum Gasteiger partial charge on any atom is -0.488 e. The molecule has 2 atom stereocenters. The third kappa shape index (κ3) is 16.1. The number of hydrogen-bond donors (Lipinski definition) is 4. The van der Waals surface area contributed by atoms with Crippen molar-refractivity contribution >= 4 is 36.1 Å². The standard InChI is InChI=1S/C56H60Cl2N8O6.2CH2O2/c1-37(31-67)63(5)29-45-23-49(57)53(25-51(45)69-33-41-15-17-55(59-27-41)65-21-9-19-61-65)71-35-43-11-7-13-47(39(43)3)48-14-8-12-44(40(48)4)36-72-54-26-52(46(24-50(54)58)30-64(6)38(2)32-68)70-34-42-16-18-56(60-28-42)66-22-10-20-62-66;2*2-1-3/h7-28,37-38,67-68H,29-36H2,1-6H3;2*1H,(H,2,3). The van der Waals surface area contributed by atoms with Gasteiger partial charge in [-0.25, -0.2) is 19.3 Å². The third-order valence-electron chi connectivity index (χ3n) is 12.9. The van der Waals surface area contributed by atoms with Gasteiger partial charge in [-0.15, -0.1) is 0 Å². The molecule has 78 heavy (non-hydrogen) atoms. The van der Waals surface area contributed by atoms with Crippen LogP contribution in [-0.2, 0) is 49.1 Å². The van der Waals surface area contributed by atoms with Crippen molar-refractivity contribution in [2.24, 2.45) is 0 Å². The molecule has 4 N–H and O–H groups in total. The van der Waals surface area contributed by atoms with Crippen LogP contribution >= 0.6 is 23.2 Å². The van der Waals surface area contributed by atoms with Crippen LogP contribution in [0.5, 0.6) is 23.0 Å². The van der Waals surface area contributed by atoms with Gasteiger partial charge in [-0.1, -0.05) is 71.7 Å². The number of carboxylic acid groups (broad SMARTS) is 2. The van der Waals surface area contributed by atoms with Crippen LogP contribution in [0, 0.1) is 13.8 Å². The maximum atomic E-state index is 9.86. The Balaban J connectivity index is 0.00000157. The van der Waals surface area contributed by atoms with Gasteiger partial charge >= 0.3 is 0 Å². The molecule has 0 spiro atoms. The van der Waals surface area contributed by atoms with E-state index < -0.39 is 0 Å². The molecule has 20 heteroatoms. The fourth-order valence-electron chi connectivity index (χ4n) is 8.00. The Kier molecular flexibility index (Phi) is 22.6. The van der Waals surface area contributed by atoms with Gasteiger partial charge in [0.05, 0.1) is 23.3 Å². The van der Waals surface area contributed by atoms with Gasteiger partial charge in [-0.3, -0.25) is 19.4 Å². The third-order valence-corrected chi connectivity index (χ3v) is 13.5. The number of halogens is 2. The normalized spacial score (nSPS) is 11.7. The van der Waals surface area contributed by atoms with Crippen LogP contribution in [0.1, 0.15) is 58.4 Å². The van der Waals surface area contributed by atoms with Gasteiger partial charge < -0.3 is 39.4 Å². The van der Waals surface area contributed by atoms with Crippen molar-refractivity contribution in [2.45, 2.75) is 79.3 Å². The quantitative estimate of drug-likeness (QED) is 0.0438. The molecule has 4 aromatic heterocycles. The zero-order valence-corrected chi connectivity index (χ0v) is 45.8. The van der Waals surface area contributed by atoms with E-state index in [1.54, 1.807) is 34.2 Å². The maximum absolute atomic E-state index is 9.86. The van der Waals surface area contributed by atoms with Crippen LogP contribution in [0.3, 0.4) is 0 Å². The lowest BCUT2D eigenvalue weighted by molar-refractivity contribution is -0.123. The molecule has 0 fully saturated rings.